The summed E-state index contributed by atoms with van der Waals surface area (Å²) in [7, 11) is 0. The Labute approximate surface area is 83.7 Å². The molecular weight excluding hydrogens is 178 g/mol. The number of aryl methyl sites for hydroxylation is 2. The van der Waals surface area contributed by atoms with Crippen molar-refractivity contribution >= 4 is 5.71 Å². The third kappa shape index (κ3) is 1.87. The van der Waals surface area contributed by atoms with Gasteiger partial charge in [-0.05, 0) is 37.5 Å². The van der Waals surface area contributed by atoms with Gasteiger partial charge in [-0.15, -0.1) is 0 Å². The first-order valence-corrected chi connectivity index (χ1v) is 4.61. The summed E-state index contributed by atoms with van der Waals surface area (Å²) in [5, 5.41) is 21.7. The Bertz CT molecular complexity index is 370. The van der Waals surface area contributed by atoms with E-state index in [4.69, 9.17) is 5.21 Å². The zero-order valence-electron chi connectivity index (χ0n) is 8.70. The van der Waals surface area contributed by atoms with Gasteiger partial charge in [0.15, 0.2) is 0 Å². The Hall–Kier alpha value is -1.51. The maximum atomic E-state index is 9.76. The van der Waals surface area contributed by atoms with Crippen LogP contribution in [-0.2, 0) is 0 Å². The molecule has 0 fully saturated rings. The van der Waals surface area contributed by atoms with Crippen LogP contribution in [0.2, 0.25) is 0 Å². The molecule has 0 spiro atoms. The molecule has 3 nitrogen and oxygen atoms in total. The van der Waals surface area contributed by atoms with E-state index in [9.17, 15) is 5.11 Å². The Morgan fingerprint density at radius 2 is 2.00 bits per heavy atom. The van der Waals surface area contributed by atoms with E-state index >= 15 is 0 Å². The summed E-state index contributed by atoms with van der Waals surface area (Å²) in [4.78, 5) is 0. The van der Waals surface area contributed by atoms with E-state index in [1.165, 1.54) is 0 Å². The Kier molecular flexibility index (Phi) is 3.12. The van der Waals surface area contributed by atoms with Crippen molar-refractivity contribution in [1.29, 1.82) is 0 Å². The number of phenols is 1. The number of benzene rings is 1. The molecular formula is C11H15NO2. The molecule has 0 heterocycles. The number of rotatable bonds is 2. The fourth-order valence-corrected chi connectivity index (χ4v) is 1.49. The van der Waals surface area contributed by atoms with Crippen molar-refractivity contribution in [2.24, 2.45) is 5.16 Å². The number of phenolic OH excluding ortho intramolecular Hbond substituents is 1. The van der Waals surface area contributed by atoms with Gasteiger partial charge in [-0.25, -0.2) is 0 Å². The fourth-order valence-electron chi connectivity index (χ4n) is 1.49. The highest BCUT2D eigenvalue weighted by Gasteiger charge is 2.10. The second kappa shape index (κ2) is 4.13. The van der Waals surface area contributed by atoms with Gasteiger partial charge in [0.1, 0.15) is 5.75 Å². The van der Waals surface area contributed by atoms with Crippen molar-refractivity contribution in [3.8, 4) is 5.75 Å². The molecule has 14 heavy (non-hydrogen) atoms. The molecule has 3 heteroatoms. The lowest BCUT2D eigenvalue weighted by atomic mass is 10.0. The summed E-state index contributed by atoms with van der Waals surface area (Å²) in [6.07, 6.45) is 0.590. The first-order chi connectivity index (χ1) is 6.60. The fraction of sp³-hybridized carbons (Fsp3) is 0.364. The van der Waals surface area contributed by atoms with Crippen LogP contribution in [0.25, 0.3) is 0 Å². The molecule has 0 aromatic heterocycles. The highest BCUT2D eigenvalue weighted by Crippen LogP contribution is 2.25. The van der Waals surface area contributed by atoms with Crippen LogP contribution in [0.1, 0.15) is 30.0 Å². The average Bonchev–Trinajstić information content (AvgIpc) is 2.15. The van der Waals surface area contributed by atoms with Crippen molar-refractivity contribution in [3.63, 3.8) is 0 Å². The maximum absolute atomic E-state index is 9.76. The lowest BCUT2D eigenvalue weighted by molar-refractivity contribution is 0.318. The summed E-state index contributed by atoms with van der Waals surface area (Å²) in [6.45, 7) is 5.66. The smallest absolute Gasteiger partial charge is 0.127 e. The third-order valence-corrected chi connectivity index (χ3v) is 2.21. The van der Waals surface area contributed by atoms with E-state index in [1.54, 1.807) is 0 Å². The molecule has 2 N–H and O–H groups in total. The van der Waals surface area contributed by atoms with Crippen LogP contribution < -0.4 is 0 Å². The van der Waals surface area contributed by atoms with Crippen molar-refractivity contribution in [2.45, 2.75) is 27.2 Å². The molecule has 1 aromatic rings. The highest BCUT2D eigenvalue weighted by atomic mass is 16.4. The molecule has 0 aliphatic rings. The summed E-state index contributed by atoms with van der Waals surface area (Å²) in [6, 6.07) is 3.71. The molecule has 0 atom stereocenters. The van der Waals surface area contributed by atoms with Crippen molar-refractivity contribution in [3.05, 3.63) is 28.8 Å². The second-order valence-corrected chi connectivity index (χ2v) is 3.38. The minimum atomic E-state index is 0.199. The van der Waals surface area contributed by atoms with Crippen molar-refractivity contribution < 1.29 is 10.3 Å². The quantitative estimate of drug-likeness (QED) is 0.431. The molecule has 1 rings (SSSR count). The standard InChI is InChI=1S/C11H15NO2/c1-4-10(12-14)9-6-7(2)5-8(3)11(9)13/h5-6,13-14H,4H2,1-3H3/b12-10+. The van der Waals surface area contributed by atoms with Gasteiger partial charge in [0, 0.05) is 5.56 Å². The highest BCUT2D eigenvalue weighted by molar-refractivity contribution is 6.02. The molecule has 0 saturated heterocycles. The monoisotopic (exact) mass is 193 g/mol. The minimum Gasteiger partial charge on any atom is -0.507 e. The van der Waals surface area contributed by atoms with Gasteiger partial charge in [-0.1, -0.05) is 18.1 Å². The van der Waals surface area contributed by atoms with Crippen LogP contribution in [0.5, 0.6) is 5.75 Å². The molecule has 0 unspecified atom stereocenters. The van der Waals surface area contributed by atoms with Crippen LogP contribution in [0.3, 0.4) is 0 Å². The predicted molar refractivity (Wildman–Crippen MR) is 56.2 cm³/mol. The van der Waals surface area contributed by atoms with Crippen LogP contribution >= 0.6 is 0 Å². The molecule has 0 amide bonds. The number of hydrogen-bond acceptors (Lipinski definition) is 3. The van der Waals surface area contributed by atoms with Crippen LogP contribution in [0.4, 0.5) is 0 Å². The Morgan fingerprint density at radius 3 is 2.50 bits per heavy atom. The summed E-state index contributed by atoms with van der Waals surface area (Å²) in [5.74, 6) is 0.199. The first-order valence-electron chi connectivity index (χ1n) is 4.61. The number of hydrogen-bond donors (Lipinski definition) is 2. The number of aromatic hydroxyl groups is 1. The maximum Gasteiger partial charge on any atom is 0.127 e. The third-order valence-electron chi connectivity index (χ3n) is 2.21. The van der Waals surface area contributed by atoms with Crippen LogP contribution in [0.15, 0.2) is 17.3 Å². The minimum absolute atomic E-state index is 0.199. The molecule has 1 aromatic carbocycles. The normalized spacial score (nSPS) is 11.8. The van der Waals surface area contributed by atoms with Crippen molar-refractivity contribution in [2.75, 3.05) is 0 Å². The summed E-state index contributed by atoms with van der Waals surface area (Å²) >= 11 is 0. The van der Waals surface area contributed by atoms with Gasteiger partial charge in [0.2, 0.25) is 0 Å². The predicted octanol–water partition coefficient (Wildman–Crippen LogP) is 2.60. The molecule has 76 valence electrons. The summed E-state index contributed by atoms with van der Waals surface area (Å²) in [5.41, 5.74) is 2.97. The SMILES string of the molecule is CC/C(=N\O)c1cc(C)cc(C)c1O. The number of nitrogens with zero attached hydrogens (tertiary/aromatic N) is 1. The second-order valence-electron chi connectivity index (χ2n) is 3.38. The molecule has 0 bridgehead atoms. The molecule has 0 aliphatic heterocycles. The zero-order valence-corrected chi connectivity index (χ0v) is 8.70. The largest absolute Gasteiger partial charge is 0.507 e. The van der Waals surface area contributed by atoms with Gasteiger partial charge < -0.3 is 10.3 Å². The van der Waals surface area contributed by atoms with Crippen LogP contribution in [-0.4, -0.2) is 16.0 Å². The van der Waals surface area contributed by atoms with E-state index in [1.807, 2.05) is 32.9 Å². The van der Waals surface area contributed by atoms with Crippen molar-refractivity contribution in [1.82, 2.24) is 0 Å². The molecule has 0 radical (unpaired) electrons. The van der Waals surface area contributed by atoms with E-state index < -0.39 is 0 Å². The van der Waals surface area contributed by atoms with E-state index in [0.717, 1.165) is 11.1 Å². The van der Waals surface area contributed by atoms with Gasteiger partial charge >= 0.3 is 0 Å². The van der Waals surface area contributed by atoms with E-state index in [0.29, 0.717) is 17.7 Å². The zero-order chi connectivity index (χ0) is 10.7. The van der Waals surface area contributed by atoms with Crippen LogP contribution in [0, 0.1) is 13.8 Å². The van der Waals surface area contributed by atoms with Gasteiger partial charge in [0.05, 0.1) is 5.71 Å². The lowest BCUT2D eigenvalue weighted by Crippen LogP contribution is -2.01. The molecule has 0 aliphatic carbocycles. The number of oxime groups is 1. The first kappa shape index (κ1) is 10.6. The van der Waals surface area contributed by atoms with Gasteiger partial charge in [-0.3, -0.25) is 0 Å². The average molecular weight is 193 g/mol. The van der Waals surface area contributed by atoms with E-state index in [-0.39, 0.29) is 5.75 Å². The molecule has 0 saturated carbocycles. The van der Waals surface area contributed by atoms with Gasteiger partial charge in [-0.2, -0.15) is 0 Å². The topological polar surface area (TPSA) is 52.8 Å². The summed E-state index contributed by atoms with van der Waals surface area (Å²) < 4.78 is 0. The van der Waals surface area contributed by atoms with Gasteiger partial charge in [0.25, 0.3) is 0 Å². The lowest BCUT2D eigenvalue weighted by Gasteiger charge is -2.08. The Morgan fingerprint density at radius 1 is 1.36 bits per heavy atom. The Balaban J connectivity index is 3.33. The van der Waals surface area contributed by atoms with E-state index in [2.05, 4.69) is 5.16 Å².